The minimum absolute atomic E-state index is 0.0697. The third-order valence-electron chi connectivity index (χ3n) is 4.31. The molecule has 2 N–H and O–H groups in total. The molecule has 2 atom stereocenters. The van der Waals surface area contributed by atoms with Gasteiger partial charge in [0.1, 0.15) is 5.82 Å². The van der Waals surface area contributed by atoms with Crippen molar-refractivity contribution in [2.24, 2.45) is 5.73 Å². The van der Waals surface area contributed by atoms with Crippen LogP contribution in [0.4, 0.5) is 4.39 Å². The second-order valence-corrected chi connectivity index (χ2v) is 5.55. The molecule has 0 aromatic heterocycles. The number of nitrogens with two attached hydrogens (primary N) is 1. The normalized spacial score (nSPS) is 20.1. The van der Waals surface area contributed by atoms with Crippen LogP contribution in [0.3, 0.4) is 0 Å². The molecule has 0 spiro atoms. The van der Waals surface area contributed by atoms with Gasteiger partial charge in [0.05, 0.1) is 6.04 Å². The van der Waals surface area contributed by atoms with Crippen molar-refractivity contribution in [2.45, 2.75) is 44.3 Å². The average Bonchev–Trinajstić information content (AvgIpc) is 2.50. The largest absolute Gasteiger partial charge is 0.381 e. The van der Waals surface area contributed by atoms with Crippen molar-refractivity contribution in [1.29, 1.82) is 0 Å². The van der Waals surface area contributed by atoms with E-state index < -0.39 is 0 Å². The Labute approximate surface area is 120 Å². The standard InChI is InChI=1S/C16H25FN2O/c1-3-15(18)16(13-6-4-5-7-14(13)17)19(2)12-8-10-20-11-9-12/h4-7,12,15-16H,3,8-11,18H2,1-2H3. The summed E-state index contributed by atoms with van der Waals surface area (Å²) in [6.45, 7) is 3.61. The molecule has 2 unspecified atom stereocenters. The van der Waals surface area contributed by atoms with Gasteiger partial charge in [-0.15, -0.1) is 0 Å². The Morgan fingerprint density at radius 3 is 2.60 bits per heavy atom. The second-order valence-electron chi connectivity index (χ2n) is 5.55. The summed E-state index contributed by atoms with van der Waals surface area (Å²) in [4.78, 5) is 2.25. The lowest BCUT2D eigenvalue weighted by Gasteiger charge is -2.40. The molecule has 3 nitrogen and oxygen atoms in total. The summed E-state index contributed by atoms with van der Waals surface area (Å²) in [7, 11) is 2.06. The lowest BCUT2D eigenvalue weighted by Crippen LogP contribution is -2.46. The topological polar surface area (TPSA) is 38.5 Å². The van der Waals surface area contributed by atoms with E-state index in [9.17, 15) is 4.39 Å². The zero-order valence-electron chi connectivity index (χ0n) is 12.4. The smallest absolute Gasteiger partial charge is 0.128 e. The molecule has 1 saturated heterocycles. The summed E-state index contributed by atoms with van der Waals surface area (Å²) >= 11 is 0. The van der Waals surface area contributed by atoms with Gasteiger partial charge in [0.25, 0.3) is 0 Å². The highest BCUT2D eigenvalue weighted by Crippen LogP contribution is 2.30. The minimum Gasteiger partial charge on any atom is -0.381 e. The van der Waals surface area contributed by atoms with Gasteiger partial charge in [0.2, 0.25) is 0 Å². The maximum absolute atomic E-state index is 14.2. The number of hydrogen-bond donors (Lipinski definition) is 1. The van der Waals surface area contributed by atoms with Crippen molar-refractivity contribution in [3.63, 3.8) is 0 Å². The van der Waals surface area contributed by atoms with Crippen LogP contribution in [0.15, 0.2) is 24.3 Å². The summed E-state index contributed by atoms with van der Waals surface area (Å²) < 4.78 is 19.6. The Balaban J connectivity index is 2.25. The van der Waals surface area contributed by atoms with Gasteiger partial charge < -0.3 is 10.5 Å². The van der Waals surface area contributed by atoms with E-state index >= 15 is 0 Å². The highest BCUT2D eigenvalue weighted by atomic mass is 19.1. The second kappa shape index (κ2) is 7.16. The van der Waals surface area contributed by atoms with Crippen molar-refractivity contribution in [3.05, 3.63) is 35.6 Å². The molecule has 2 rings (SSSR count). The van der Waals surface area contributed by atoms with Gasteiger partial charge in [-0.1, -0.05) is 25.1 Å². The molecule has 1 aliphatic rings. The molecule has 0 radical (unpaired) electrons. The molecule has 20 heavy (non-hydrogen) atoms. The lowest BCUT2D eigenvalue weighted by molar-refractivity contribution is 0.0227. The van der Waals surface area contributed by atoms with Crippen molar-refractivity contribution >= 4 is 0 Å². The first-order chi connectivity index (χ1) is 9.65. The number of ether oxygens (including phenoxy) is 1. The van der Waals surface area contributed by atoms with E-state index in [1.807, 2.05) is 12.1 Å². The minimum atomic E-state index is -0.166. The van der Waals surface area contributed by atoms with Crippen LogP contribution in [0.2, 0.25) is 0 Å². The van der Waals surface area contributed by atoms with Crippen LogP contribution in [0.5, 0.6) is 0 Å². The molecule has 0 aliphatic carbocycles. The Morgan fingerprint density at radius 1 is 1.35 bits per heavy atom. The van der Waals surface area contributed by atoms with Crippen LogP contribution in [-0.2, 0) is 4.74 Å². The van der Waals surface area contributed by atoms with Gasteiger partial charge >= 0.3 is 0 Å². The van der Waals surface area contributed by atoms with Crippen LogP contribution in [0.1, 0.15) is 37.8 Å². The number of likely N-dealkylation sites (N-methyl/N-ethyl adjacent to an activating group) is 1. The quantitative estimate of drug-likeness (QED) is 0.901. The number of benzene rings is 1. The maximum Gasteiger partial charge on any atom is 0.128 e. The van der Waals surface area contributed by atoms with Gasteiger partial charge in [0.15, 0.2) is 0 Å². The fourth-order valence-corrected chi connectivity index (χ4v) is 3.01. The predicted molar refractivity (Wildman–Crippen MR) is 79.0 cm³/mol. The predicted octanol–water partition coefficient (Wildman–Crippen LogP) is 2.71. The third kappa shape index (κ3) is 3.37. The van der Waals surface area contributed by atoms with Crippen molar-refractivity contribution < 1.29 is 9.13 Å². The van der Waals surface area contributed by atoms with E-state index in [0.29, 0.717) is 11.6 Å². The molecular formula is C16H25FN2O. The van der Waals surface area contributed by atoms with E-state index in [4.69, 9.17) is 10.5 Å². The molecular weight excluding hydrogens is 255 g/mol. The summed E-state index contributed by atoms with van der Waals surface area (Å²) in [5.74, 6) is -0.166. The van der Waals surface area contributed by atoms with Gasteiger partial charge in [0, 0.05) is 30.9 Å². The van der Waals surface area contributed by atoms with Crippen LogP contribution in [0, 0.1) is 5.82 Å². The SMILES string of the molecule is CCC(N)C(c1ccccc1F)N(C)C1CCOCC1. The average molecular weight is 280 g/mol. The Hall–Kier alpha value is -0.970. The fraction of sp³-hybridized carbons (Fsp3) is 0.625. The van der Waals surface area contributed by atoms with E-state index in [2.05, 4.69) is 18.9 Å². The molecule has 0 bridgehead atoms. The number of rotatable bonds is 5. The first kappa shape index (κ1) is 15.4. The Morgan fingerprint density at radius 2 is 2.00 bits per heavy atom. The monoisotopic (exact) mass is 280 g/mol. The molecule has 4 heteroatoms. The first-order valence-electron chi connectivity index (χ1n) is 7.44. The van der Waals surface area contributed by atoms with Crippen molar-refractivity contribution in [1.82, 2.24) is 4.90 Å². The van der Waals surface area contributed by atoms with Gasteiger partial charge in [-0.2, -0.15) is 0 Å². The van der Waals surface area contributed by atoms with Crippen LogP contribution < -0.4 is 5.73 Å². The van der Waals surface area contributed by atoms with Crippen molar-refractivity contribution in [3.8, 4) is 0 Å². The number of hydrogen-bond acceptors (Lipinski definition) is 3. The molecule has 1 aromatic carbocycles. The van der Waals surface area contributed by atoms with Crippen molar-refractivity contribution in [2.75, 3.05) is 20.3 Å². The molecule has 1 heterocycles. The molecule has 0 amide bonds. The summed E-state index contributed by atoms with van der Waals surface area (Å²) in [6, 6.07) is 7.23. The number of nitrogens with zero attached hydrogens (tertiary/aromatic N) is 1. The molecule has 1 aromatic rings. The first-order valence-corrected chi connectivity index (χ1v) is 7.44. The molecule has 1 fully saturated rings. The van der Waals surface area contributed by atoms with E-state index in [1.165, 1.54) is 6.07 Å². The summed E-state index contributed by atoms with van der Waals surface area (Å²) in [5.41, 5.74) is 6.99. The summed E-state index contributed by atoms with van der Waals surface area (Å²) in [6.07, 6.45) is 2.79. The Kier molecular flexibility index (Phi) is 5.52. The van der Waals surface area contributed by atoms with Crippen LogP contribution in [0.25, 0.3) is 0 Å². The van der Waals surface area contributed by atoms with E-state index in [0.717, 1.165) is 32.5 Å². The van der Waals surface area contributed by atoms with Gasteiger partial charge in [-0.05, 0) is 32.4 Å². The highest BCUT2D eigenvalue weighted by molar-refractivity contribution is 5.23. The van der Waals surface area contributed by atoms with Gasteiger partial charge in [-0.25, -0.2) is 4.39 Å². The molecule has 112 valence electrons. The van der Waals surface area contributed by atoms with Crippen LogP contribution in [-0.4, -0.2) is 37.2 Å². The molecule has 0 saturated carbocycles. The maximum atomic E-state index is 14.2. The lowest BCUT2D eigenvalue weighted by atomic mass is 9.93. The van der Waals surface area contributed by atoms with Crippen LogP contribution >= 0.6 is 0 Å². The zero-order valence-corrected chi connectivity index (χ0v) is 12.4. The van der Waals surface area contributed by atoms with E-state index in [1.54, 1.807) is 6.07 Å². The highest BCUT2D eigenvalue weighted by Gasteiger charge is 2.30. The third-order valence-corrected chi connectivity index (χ3v) is 4.31. The number of halogens is 1. The summed E-state index contributed by atoms with van der Waals surface area (Å²) in [5, 5.41) is 0. The zero-order chi connectivity index (χ0) is 14.5. The Bertz CT molecular complexity index is 421. The van der Waals surface area contributed by atoms with Gasteiger partial charge in [-0.3, -0.25) is 4.90 Å². The van der Waals surface area contributed by atoms with E-state index in [-0.39, 0.29) is 17.9 Å². The molecule has 1 aliphatic heterocycles. The fourth-order valence-electron chi connectivity index (χ4n) is 3.01.